The highest BCUT2D eigenvalue weighted by Crippen LogP contribution is 1.87. The molecule has 3 N–H and O–H groups in total. The molecule has 0 spiro atoms. The maximum Gasteiger partial charge on any atom is 0.236 e. The largest absolute Gasteiger partial charge is 0.382 e. The van der Waals surface area contributed by atoms with Crippen molar-refractivity contribution in [2.45, 2.75) is 6.42 Å². The van der Waals surface area contributed by atoms with Crippen LogP contribution in [0.4, 0.5) is 0 Å². The van der Waals surface area contributed by atoms with Gasteiger partial charge in [-0.05, 0) is 0 Å². The van der Waals surface area contributed by atoms with Crippen molar-refractivity contribution >= 4 is 5.91 Å². The normalized spacial score (nSPS) is 11.4. The average molecular weight is 603 g/mol. The fourth-order valence-electron chi connectivity index (χ4n) is 2.68. The Bertz CT molecular complexity index is 510. The Balaban J connectivity index is 3.04. The molecule has 15 heteroatoms. The lowest BCUT2D eigenvalue weighted by Gasteiger charge is -2.09. The molecule has 0 aliphatic rings. The first-order valence-corrected chi connectivity index (χ1v) is 14.1. The van der Waals surface area contributed by atoms with Crippen LogP contribution in [0, 0.1) is 0 Å². The van der Waals surface area contributed by atoms with E-state index >= 15 is 0 Å². The highest BCUT2D eigenvalue weighted by atomic mass is 16.6. The first-order valence-electron chi connectivity index (χ1n) is 14.1. The number of hydrogen-bond acceptors (Lipinski definition) is 14. The number of carbonyl (C=O) groups is 1. The number of hydrazine groups is 1. The molecule has 0 atom stereocenters. The number of rotatable bonds is 36. The Morgan fingerprint density at radius 1 is 0.390 bits per heavy atom. The second-order valence-electron chi connectivity index (χ2n) is 8.05. The van der Waals surface area contributed by atoms with Gasteiger partial charge in [-0.1, -0.05) is 0 Å². The van der Waals surface area contributed by atoms with Gasteiger partial charge in [-0.3, -0.25) is 10.2 Å². The molecule has 0 aromatic rings. The predicted octanol–water partition coefficient (Wildman–Crippen LogP) is -0.805. The quantitative estimate of drug-likeness (QED) is 0.0396. The molecule has 0 bridgehead atoms. The van der Waals surface area contributed by atoms with Gasteiger partial charge in [0.2, 0.25) is 5.91 Å². The van der Waals surface area contributed by atoms with Crippen LogP contribution < -0.4 is 11.3 Å². The van der Waals surface area contributed by atoms with Gasteiger partial charge in [-0.15, -0.1) is 0 Å². The molecule has 15 nitrogen and oxygen atoms in total. The van der Waals surface area contributed by atoms with Crippen molar-refractivity contribution in [1.29, 1.82) is 0 Å². The van der Waals surface area contributed by atoms with Crippen molar-refractivity contribution in [3.8, 4) is 0 Å². The molecule has 0 aromatic carbocycles. The summed E-state index contributed by atoms with van der Waals surface area (Å²) in [6, 6.07) is 0. The van der Waals surface area contributed by atoms with Crippen molar-refractivity contribution < 1.29 is 61.6 Å². The van der Waals surface area contributed by atoms with Crippen LogP contribution in [0.1, 0.15) is 6.42 Å². The molecule has 0 rings (SSSR count). The summed E-state index contributed by atoms with van der Waals surface area (Å²) in [5.74, 6) is 4.71. The topological polar surface area (TPSA) is 166 Å². The van der Waals surface area contributed by atoms with E-state index < -0.39 is 0 Å². The van der Waals surface area contributed by atoms with Gasteiger partial charge < -0.3 is 56.8 Å². The summed E-state index contributed by atoms with van der Waals surface area (Å²) in [6.07, 6.45) is 0.232. The van der Waals surface area contributed by atoms with Gasteiger partial charge >= 0.3 is 0 Å². The summed E-state index contributed by atoms with van der Waals surface area (Å²) < 4.78 is 64.2. The predicted molar refractivity (Wildman–Crippen MR) is 148 cm³/mol. The van der Waals surface area contributed by atoms with Crippen molar-refractivity contribution in [3.05, 3.63) is 0 Å². The lowest BCUT2D eigenvalue weighted by Crippen LogP contribution is -2.30. The summed E-state index contributed by atoms with van der Waals surface area (Å²) >= 11 is 0. The molecular weight excluding hydrogens is 548 g/mol. The van der Waals surface area contributed by atoms with Gasteiger partial charge in [0, 0.05) is 7.11 Å². The smallest absolute Gasteiger partial charge is 0.236 e. The lowest BCUT2D eigenvalue weighted by atomic mass is 10.4. The van der Waals surface area contributed by atoms with Crippen molar-refractivity contribution in [2.24, 2.45) is 5.84 Å². The van der Waals surface area contributed by atoms with Crippen LogP contribution in [0.3, 0.4) is 0 Å². The Kier molecular flexibility index (Phi) is 36.0. The minimum atomic E-state index is -0.258. The van der Waals surface area contributed by atoms with Crippen molar-refractivity contribution in [2.75, 3.05) is 159 Å². The summed E-state index contributed by atoms with van der Waals surface area (Å²) in [7, 11) is 1.64. The number of ether oxygens (including phenoxy) is 12. The Labute approximate surface area is 244 Å². The standard InChI is InChI=1S/C26H54N2O13/c1-30-4-5-32-8-9-34-12-13-36-16-17-38-20-21-40-24-25-41-23-22-39-19-18-37-15-14-35-11-10-33-7-6-31-3-2-26(29)28-27/h2-25,27H2,1H3,(H,28,29). The molecular formula is C26H54N2O13. The second kappa shape index (κ2) is 37.0. The molecule has 246 valence electrons. The zero-order valence-corrected chi connectivity index (χ0v) is 24.9. The summed E-state index contributed by atoms with van der Waals surface area (Å²) in [6.45, 7) is 11.4. The van der Waals surface area contributed by atoms with E-state index in [1.54, 1.807) is 7.11 Å². The molecule has 41 heavy (non-hydrogen) atoms. The lowest BCUT2D eigenvalue weighted by molar-refractivity contribution is -0.122. The maximum absolute atomic E-state index is 10.9. The highest BCUT2D eigenvalue weighted by Gasteiger charge is 1.98. The van der Waals surface area contributed by atoms with Gasteiger partial charge in [0.15, 0.2) is 0 Å². The Hall–Kier alpha value is -1.05. The number of methoxy groups -OCH3 is 1. The molecule has 0 heterocycles. The fraction of sp³-hybridized carbons (Fsp3) is 0.962. The van der Waals surface area contributed by atoms with Crippen molar-refractivity contribution in [1.82, 2.24) is 5.43 Å². The minimum absolute atomic E-state index is 0.232. The molecule has 0 aliphatic heterocycles. The van der Waals surface area contributed by atoms with E-state index in [0.717, 1.165) is 0 Å². The van der Waals surface area contributed by atoms with E-state index in [-0.39, 0.29) is 12.3 Å². The van der Waals surface area contributed by atoms with E-state index in [4.69, 9.17) is 62.7 Å². The zero-order valence-electron chi connectivity index (χ0n) is 24.9. The van der Waals surface area contributed by atoms with Crippen LogP contribution in [0.5, 0.6) is 0 Å². The summed E-state index contributed by atoms with van der Waals surface area (Å²) in [5.41, 5.74) is 2.04. The van der Waals surface area contributed by atoms with Gasteiger partial charge in [0.25, 0.3) is 0 Å². The summed E-state index contributed by atoms with van der Waals surface area (Å²) in [4.78, 5) is 10.9. The number of nitrogens with one attached hydrogen (secondary N) is 1. The number of nitrogens with two attached hydrogens (primary N) is 1. The van der Waals surface area contributed by atoms with Crippen molar-refractivity contribution in [3.63, 3.8) is 0 Å². The molecule has 0 aliphatic carbocycles. The van der Waals surface area contributed by atoms with E-state index in [1.165, 1.54) is 0 Å². The average Bonchev–Trinajstić information content (AvgIpc) is 2.99. The van der Waals surface area contributed by atoms with E-state index in [2.05, 4.69) is 0 Å². The third-order valence-electron chi connectivity index (χ3n) is 4.79. The van der Waals surface area contributed by atoms with Crippen LogP contribution in [-0.2, 0) is 61.6 Å². The third-order valence-corrected chi connectivity index (χ3v) is 4.79. The van der Waals surface area contributed by atoms with Crippen LogP contribution in [-0.4, -0.2) is 165 Å². The number of amides is 1. The SMILES string of the molecule is COCCOCCOCCOCCOCCOCCOCCOCCOCCOCCOCCOCCC(=O)NN. The van der Waals surface area contributed by atoms with E-state index in [0.29, 0.717) is 152 Å². The summed E-state index contributed by atoms with van der Waals surface area (Å²) in [5, 5.41) is 0. The van der Waals surface area contributed by atoms with E-state index in [9.17, 15) is 4.79 Å². The Morgan fingerprint density at radius 2 is 0.585 bits per heavy atom. The minimum Gasteiger partial charge on any atom is -0.382 e. The molecule has 0 fully saturated rings. The fourth-order valence-corrected chi connectivity index (χ4v) is 2.68. The Morgan fingerprint density at radius 3 is 0.780 bits per heavy atom. The van der Waals surface area contributed by atoms with Crippen LogP contribution in [0.25, 0.3) is 0 Å². The van der Waals surface area contributed by atoms with E-state index in [1.807, 2.05) is 5.43 Å². The van der Waals surface area contributed by atoms with Crippen LogP contribution >= 0.6 is 0 Å². The van der Waals surface area contributed by atoms with Crippen LogP contribution in [0.15, 0.2) is 0 Å². The highest BCUT2D eigenvalue weighted by molar-refractivity contribution is 5.75. The van der Waals surface area contributed by atoms with Gasteiger partial charge in [-0.25, -0.2) is 5.84 Å². The molecule has 0 saturated carbocycles. The first-order chi connectivity index (χ1) is 20.3. The second-order valence-corrected chi connectivity index (χ2v) is 8.05. The van der Waals surface area contributed by atoms with Gasteiger partial charge in [0.1, 0.15) is 0 Å². The van der Waals surface area contributed by atoms with Crippen LogP contribution in [0.2, 0.25) is 0 Å². The molecule has 0 saturated heterocycles. The molecule has 0 radical (unpaired) electrons. The van der Waals surface area contributed by atoms with Gasteiger partial charge in [0.05, 0.1) is 158 Å². The van der Waals surface area contributed by atoms with Gasteiger partial charge in [-0.2, -0.15) is 0 Å². The zero-order chi connectivity index (χ0) is 29.7. The molecule has 0 aromatic heterocycles. The number of hydrogen-bond donors (Lipinski definition) is 2. The maximum atomic E-state index is 10.9. The monoisotopic (exact) mass is 602 g/mol. The molecule has 0 unspecified atom stereocenters. The number of carbonyl (C=O) groups excluding carboxylic acids is 1. The third kappa shape index (κ3) is 36.9. The first kappa shape index (κ1) is 40.0. The molecule has 1 amide bonds.